The van der Waals surface area contributed by atoms with Crippen LogP contribution >= 0.6 is 0 Å². The molecule has 230 valence electrons. The molecule has 1 heterocycles. The molecule has 1 aromatic heterocycles. The Morgan fingerprint density at radius 2 is 1.72 bits per heavy atom. The zero-order valence-corrected chi connectivity index (χ0v) is 24.4. The lowest BCUT2D eigenvalue weighted by molar-refractivity contribution is -0.000551. The van der Waals surface area contributed by atoms with E-state index in [9.17, 15) is 29.4 Å². The maximum Gasteiger partial charge on any atom is 0.407 e. The smallest absolute Gasteiger partial charge is 0.407 e. The van der Waals surface area contributed by atoms with E-state index in [1.807, 2.05) is 30.3 Å². The Hall–Kier alpha value is -4.42. The second kappa shape index (κ2) is 13.7. The highest BCUT2D eigenvalue weighted by atomic mass is 16.6. The van der Waals surface area contributed by atoms with Crippen LogP contribution in [0.25, 0.3) is 0 Å². The van der Waals surface area contributed by atoms with Gasteiger partial charge in [-0.15, -0.1) is 0 Å². The number of carbonyl (C=O) groups is 2. The number of hydrogen-bond donors (Lipinski definition) is 4. The first-order chi connectivity index (χ1) is 20.4. The number of carbonyl (C=O) groups excluding carboxylic acids is 2. The minimum Gasteiger partial charge on any atom is -0.492 e. The van der Waals surface area contributed by atoms with E-state index in [1.54, 1.807) is 49.9 Å². The molecule has 1 saturated carbocycles. The van der Waals surface area contributed by atoms with Crippen LogP contribution in [0.2, 0.25) is 0 Å². The van der Waals surface area contributed by atoms with E-state index in [2.05, 4.69) is 10.3 Å². The van der Waals surface area contributed by atoms with Gasteiger partial charge in [0.05, 0.1) is 18.7 Å². The van der Waals surface area contributed by atoms with Gasteiger partial charge in [-0.1, -0.05) is 30.3 Å². The predicted octanol–water partition coefficient (Wildman–Crippen LogP) is 2.07. The summed E-state index contributed by atoms with van der Waals surface area (Å²) >= 11 is 0. The Morgan fingerprint density at radius 3 is 2.37 bits per heavy atom. The van der Waals surface area contributed by atoms with Gasteiger partial charge in [-0.2, -0.15) is 0 Å². The molecular weight excluding hydrogens is 556 g/mol. The van der Waals surface area contributed by atoms with Crippen molar-refractivity contribution in [2.24, 2.45) is 5.92 Å². The summed E-state index contributed by atoms with van der Waals surface area (Å²) in [5.74, 6) is -0.305. The number of aliphatic hydroxyl groups excluding tert-OH is 2. The molecule has 43 heavy (non-hydrogen) atoms. The molecule has 4 rings (SSSR count). The number of hydrogen-bond acceptors (Lipinski definition) is 8. The molecule has 0 bridgehead atoms. The van der Waals surface area contributed by atoms with Crippen molar-refractivity contribution in [2.75, 3.05) is 19.7 Å². The summed E-state index contributed by atoms with van der Waals surface area (Å²) in [6.07, 6.45) is -1.47. The second-order valence-corrected chi connectivity index (χ2v) is 11.5. The molecule has 0 spiro atoms. The number of H-pyrrole nitrogens is 1. The average Bonchev–Trinajstić information content (AvgIpc) is 3.23. The largest absolute Gasteiger partial charge is 0.492 e. The van der Waals surface area contributed by atoms with Gasteiger partial charge in [-0.3, -0.25) is 19.1 Å². The van der Waals surface area contributed by atoms with E-state index in [-0.39, 0.29) is 38.6 Å². The van der Waals surface area contributed by atoms with Gasteiger partial charge >= 0.3 is 11.8 Å². The van der Waals surface area contributed by atoms with Crippen LogP contribution < -0.4 is 21.3 Å². The maximum atomic E-state index is 13.7. The number of ether oxygens (including phenoxy) is 2. The number of aromatic amines is 1. The molecule has 0 saturated heterocycles. The summed E-state index contributed by atoms with van der Waals surface area (Å²) in [6.45, 7) is 6.16. The van der Waals surface area contributed by atoms with Crippen LogP contribution in [0.3, 0.4) is 0 Å². The molecule has 4 atom stereocenters. The predicted molar refractivity (Wildman–Crippen MR) is 158 cm³/mol. The van der Waals surface area contributed by atoms with E-state index in [4.69, 9.17) is 9.47 Å². The fourth-order valence-corrected chi connectivity index (χ4v) is 5.06. The number of alkyl carbamates (subject to hydrolysis) is 1. The molecule has 3 aromatic rings. The third kappa shape index (κ3) is 8.55. The molecule has 1 fully saturated rings. The third-order valence-corrected chi connectivity index (χ3v) is 7.08. The number of nitrogens with zero attached hydrogens (tertiary/aromatic N) is 2. The first kappa shape index (κ1) is 31.5. The van der Waals surface area contributed by atoms with Crippen molar-refractivity contribution in [1.29, 1.82) is 0 Å². The monoisotopic (exact) mass is 594 g/mol. The number of aliphatic hydroxyl groups is 2. The topological polar surface area (TPSA) is 163 Å². The number of nitrogens with one attached hydrogen (secondary N) is 2. The SMILES string of the molecule is CC(C)(C)OC(=O)NCCOc1ccc(C(=O)N(Cc2ccccc2)C[C@@H]2C[C@@H](n3ccc(=O)[nH]c3=O)[C@@H](O)[C@@H]2O)cc1. The lowest BCUT2D eigenvalue weighted by Gasteiger charge is -2.28. The summed E-state index contributed by atoms with van der Waals surface area (Å²) in [7, 11) is 0. The van der Waals surface area contributed by atoms with Crippen molar-refractivity contribution in [3.8, 4) is 5.75 Å². The molecule has 2 aromatic carbocycles. The Labute approximate surface area is 248 Å². The summed E-state index contributed by atoms with van der Waals surface area (Å²) in [6, 6.07) is 16.4. The molecule has 12 heteroatoms. The fraction of sp³-hybridized carbons (Fsp3) is 0.419. The van der Waals surface area contributed by atoms with Crippen LogP contribution in [0.4, 0.5) is 4.79 Å². The van der Waals surface area contributed by atoms with Crippen LogP contribution in [0.5, 0.6) is 5.75 Å². The molecule has 0 unspecified atom stereocenters. The quantitative estimate of drug-likeness (QED) is 0.259. The number of aromatic nitrogens is 2. The number of benzene rings is 2. The van der Waals surface area contributed by atoms with Crippen LogP contribution in [0, 0.1) is 5.92 Å². The highest BCUT2D eigenvalue weighted by molar-refractivity contribution is 5.94. The summed E-state index contributed by atoms with van der Waals surface area (Å²) in [5, 5.41) is 24.3. The minimum absolute atomic E-state index is 0.120. The molecular formula is C31H38N4O8. The third-order valence-electron chi connectivity index (χ3n) is 7.08. The van der Waals surface area contributed by atoms with Gasteiger partial charge in [0.25, 0.3) is 11.5 Å². The van der Waals surface area contributed by atoms with Crippen LogP contribution in [-0.4, -0.2) is 74.2 Å². The van der Waals surface area contributed by atoms with Gasteiger partial charge in [0.15, 0.2) is 0 Å². The van der Waals surface area contributed by atoms with Crippen molar-refractivity contribution in [2.45, 2.75) is 57.6 Å². The lowest BCUT2D eigenvalue weighted by atomic mass is 10.0. The van der Waals surface area contributed by atoms with Gasteiger partial charge in [-0.25, -0.2) is 9.59 Å². The lowest BCUT2D eigenvalue weighted by Crippen LogP contribution is -2.39. The van der Waals surface area contributed by atoms with E-state index < -0.39 is 47.1 Å². The maximum absolute atomic E-state index is 13.7. The van der Waals surface area contributed by atoms with Gasteiger partial charge in [0.2, 0.25) is 0 Å². The molecule has 2 amide bonds. The minimum atomic E-state index is -1.26. The van der Waals surface area contributed by atoms with E-state index in [1.165, 1.54) is 16.8 Å². The molecule has 4 N–H and O–H groups in total. The summed E-state index contributed by atoms with van der Waals surface area (Å²) in [5.41, 5.74) is -0.544. The zero-order valence-electron chi connectivity index (χ0n) is 24.4. The molecule has 12 nitrogen and oxygen atoms in total. The van der Waals surface area contributed by atoms with Crippen molar-refractivity contribution in [3.63, 3.8) is 0 Å². The van der Waals surface area contributed by atoms with Crippen molar-refractivity contribution in [1.82, 2.24) is 19.8 Å². The Morgan fingerprint density at radius 1 is 1.02 bits per heavy atom. The van der Waals surface area contributed by atoms with Crippen molar-refractivity contribution >= 4 is 12.0 Å². The average molecular weight is 595 g/mol. The first-order valence-electron chi connectivity index (χ1n) is 14.1. The van der Waals surface area contributed by atoms with Crippen LogP contribution in [-0.2, 0) is 11.3 Å². The fourth-order valence-electron chi connectivity index (χ4n) is 5.06. The van der Waals surface area contributed by atoms with Crippen LogP contribution in [0.15, 0.2) is 76.4 Å². The highest BCUT2D eigenvalue weighted by Gasteiger charge is 2.43. The number of amides is 2. The van der Waals surface area contributed by atoms with Crippen molar-refractivity contribution in [3.05, 3.63) is 98.8 Å². The molecule has 1 aliphatic carbocycles. The zero-order chi connectivity index (χ0) is 31.1. The van der Waals surface area contributed by atoms with Gasteiger partial charge < -0.3 is 29.9 Å². The first-order valence-corrected chi connectivity index (χ1v) is 14.1. The van der Waals surface area contributed by atoms with Crippen LogP contribution in [0.1, 0.15) is 49.2 Å². The van der Waals surface area contributed by atoms with E-state index >= 15 is 0 Å². The second-order valence-electron chi connectivity index (χ2n) is 11.5. The van der Waals surface area contributed by atoms with Gasteiger partial charge in [0, 0.05) is 36.8 Å². The number of rotatable bonds is 10. The van der Waals surface area contributed by atoms with E-state index in [0.29, 0.717) is 11.3 Å². The highest BCUT2D eigenvalue weighted by Crippen LogP contribution is 2.35. The Kier molecular flexibility index (Phi) is 10.0. The molecule has 0 aliphatic heterocycles. The van der Waals surface area contributed by atoms with Gasteiger partial charge in [-0.05, 0) is 57.0 Å². The summed E-state index contributed by atoms with van der Waals surface area (Å²) < 4.78 is 12.1. The molecule has 1 aliphatic rings. The van der Waals surface area contributed by atoms with Crippen molar-refractivity contribution < 1.29 is 29.3 Å². The normalized spacial score (nSPS) is 19.9. The Balaban J connectivity index is 1.43. The summed E-state index contributed by atoms with van der Waals surface area (Å²) in [4.78, 5) is 53.1. The Bertz CT molecular complexity index is 1500. The standard InChI is InChI=1S/C31H38N4O8/c1-31(2,3)43-30(41)32-14-16-42-23-11-9-21(10-12-23)28(39)34(18-20-7-5-4-6-8-20)19-22-17-24(27(38)26(22)37)35-15-13-25(36)33-29(35)40/h4-13,15,22,24,26-27,37-38H,14,16-19H2,1-3H3,(H,32,41)(H,33,36,40)/t22-,24+,26+,27+/m0/s1. The molecule has 0 radical (unpaired) electrons. The van der Waals surface area contributed by atoms with E-state index in [0.717, 1.165) is 5.56 Å². The van der Waals surface area contributed by atoms with Gasteiger partial charge in [0.1, 0.15) is 24.1 Å².